The molecule has 3 rings (SSSR count). The van der Waals surface area contributed by atoms with E-state index in [9.17, 15) is 14.4 Å². The molecule has 25 heavy (non-hydrogen) atoms. The van der Waals surface area contributed by atoms with E-state index in [0.717, 1.165) is 4.57 Å². The minimum absolute atomic E-state index is 0.000830. The van der Waals surface area contributed by atoms with Crippen molar-refractivity contribution in [3.8, 4) is 0 Å². The minimum atomic E-state index is -2.12. The molecule has 11 N–H and O–H groups in total. The standard InChI is InChI=1S/C14H18N8O3/c1-4-20-9-6(16)3-2-5(15)7(9)12(24)22(4)14(19)10(18)8(17)11(23)21-13(14)25/h2-3,8,10H,15-19H2,1H3,(H,21,23,25). The molecular weight excluding hydrogens is 328 g/mol. The van der Waals surface area contributed by atoms with Crippen LogP contribution in [0, 0.1) is 6.92 Å². The lowest BCUT2D eigenvalue weighted by Crippen LogP contribution is -2.78. The Kier molecular flexibility index (Phi) is 3.53. The van der Waals surface area contributed by atoms with Crippen LogP contribution in [0.15, 0.2) is 16.9 Å². The van der Waals surface area contributed by atoms with Gasteiger partial charge in [-0.05, 0) is 19.1 Å². The number of hydrogen-bond donors (Lipinski definition) is 6. The summed E-state index contributed by atoms with van der Waals surface area (Å²) in [5.41, 5.74) is 27.3. The number of rotatable bonds is 1. The van der Waals surface area contributed by atoms with Gasteiger partial charge in [-0.3, -0.25) is 30.0 Å². The maximum absolute atomic E-state index is 13.1. The highest BCUT2D eigenvalue weighted by Crippen LogP contribution is 2.25. The third-order valence-electron chi connectivity index (χ3n) is 4.42. The van der Waals surface area contributed by atoms with Crippen LogP contribution in [0.25, 0.3) is 10.9 Å². The lowest BCUT2D eigenvalue weighted by molar-refractivity contribution is -0.143. The highest BCUT2D eigenvalue weighted by atomic mass is 16.2. The topological polar surface area (TPSA) is 211 Å². The molecule has 1 aliphatic rings. The lowest BCUT2D eigenvalue weighted by Gasteiger charge is -2.41. The van der Waals surface area contributed by atoms with Gasteiger partial charge in [-0.25, -0.2) is 4.98 Å². The van der Waals surface area contributed by atoms with Gasteiger partial charge in [0, 0.05) is 5.69 Å². The second-order valence-electron chi connectivity index (χ2n) is 5.96. The Morgan fingerprint density at radius 1 is 1.16 bits per heavy atom. The van der Waals surface area contributed by atoms with E-state index in [1.165, 1.54) is 19.1 Å². The van der Waals surface area contributed by atoms with Gasteiger partial charge in [0.05, 0.1) is 17.1 Å². The number of aromatic nitrogens is 2. The average Bonchev–Trinajstić information content (AvgIpc) is 2.54. The van der Waals surface area contributed by atoms with E-state index < -0.39 is 35.1 Å². The molecule has 1 aromatic heterocycles. The van der Waals surface area contributed by atoms with Crippen LogP contribution in [0.1, 0.15) is 5.82 Å². The number of piperidine rings is 1. The zero-order valence-corrected chi connectivity index (χ0v) is 13.3. The molecule has 1 fully saturated rings. The van der Waals surface area contributed by atoms with E-state index in [-0.39, 0.29) is 28.1 Å². The monoisotopic (exact) mass is 346 g/mol. The van der Waals surface area contributed by atoms with Crippen molar-refractivity contribution < 1.29 is 9.59 Å². The maximum atomic E-state index is 13.1. The predicted molar refractivity (Wildman–Crippen MR) is 90.8 cm³/mol. The second kappa shape index (κ2) is 5.24. The summed E-state index contributed by atoms with van der Waals surface area (Å²) in [5.74, 6) is -1.66. The predicted octanol–water partition coefficient (Wildman–Crippen LogP) is -3.21. The Bertz CT molecular complexity index is 984. The number of carbonyl (C=O) groups is 2. The first-order valence-corrected chi connectivity index (χ1v) is 7.33. The number of nitrogens with two attached hydrogens (primary N) is 5. The molecule has 0 spiro atoms. The molecule has 1 saturated heterocycles. The Morgan fingerprint density at radius 3 is 2.40 bits per heavy atom. The van der Waals surface area contributed by atoms with Crippen molar-refractivity contribution in [2.75, 3.05) is 11.5 Å². The smallest absolute Gasteiger partial charge is 0.269 e. The number of amides is 2. The molecule has 11 heteroatoms. The van der Waals surface area contributed by atoms with E-state index in [4.69, 9.17) is 28.7 Å². The number of aryl methyl sites for hydroxylation is 1. The molecule has 2 amide bonds. The summed E-state index contributed by atoms with van der Waals surface area (Å²) in [6, 6.07) is 0.314. The number of carbonyl (C=O) groups excluding carboxylic acids is 2. The Labute approximate surface area is 141 Å². The molecule has 2 aromatic rings. The van der Waals surface area contributed by atoms with E-state index in [2.05, 4.69) is 4.98 Å². The molecule has 0 aliphatic carbocycles. The summed E-state index contributed by atoms with van der Waals surface area (Å²) in [7, 11) is 0. The quantitative estimate of drug-likeness (QED) is 0.226. The number of hydrogen-bond acceptors (Lipinski definition) is 9. The number of nitrogens with one attached hydrogen (secondary N) is 1. The number of nitrogens with zero attached hydrogens (tertiary/aromatic N) is 2. The highest BCUT2D eigenvalue weighted by Gasteiger charge is 2.53. The molecule has 132 valence electrons. The first-order valence-electron chi connectivity index (χ1n) is 7.33. The van der Waals surface area contributed by atoms with Gasteiger partial charge in [-0.15, -0.1) is 0 Å². The van der Waals surface area contributed by atoms with Gasteiger partial charge in [0.1, 0.15) is 17.4 Å². The van der Waals surface area contributed by atoms with E-state index in [1.807, 2.05) is 5.32 Å². The Hall–Kier alpha value is -3.02. The molecule has 0 saturated carbocycles. The van der Waals surface area contributed by atoms with Crippen molar-refractivity contribution in [2.45, 2.75) is 24.7 Å². The molecule has 1 aromatic carbocycles. The van der Waals surface area contributed by atoms with Crippen molar-refractivity contribution in [3.05, 3.63) is 28.3 Å². The molecule has 1 aliphatic heterocycles. The van der Waals surface area contributed by atoms with Crippen LogP contribution in [0.5, 0.6) is 0 Å². The van der Waals surface area contributed by atoms with Crippen molar-refractivity contribution in [3.63, 3.8) is 0 Å². The molecule has 0 bridgehead atoms. The summed E-state index contributed by atoms with van der Waals surface area (Å²) in [5, 5.41) is 2.03. The van der Waals surface area contributed by atoms with E-state index in [0.29, 0.717) is 0 Å². The number of anilines is 2. The number of imide groups is 1. The average molecular weight is 346 g/mol. The normalized spacial score (nSPS) is 26.7. The number of nitrogen functional groups attached to an aromatic ring is 2. The van der Waals surface area contributed by atoms with Crippen molar-refractivity contribution >= 4 is 34.1 Å². The van der Waals surface area contributed by atoms with Gasteiger partial charge in [0.15, 0.2) is 5.66 Å². The first kappa shape index (κ1) is 16.8. The van der Waals surface area contributed by atoms with Gasteiger partial charge >= 0.3 is 0 Å². The molecule has 2 heterocycles. The van der Waals surface area contributed by atoms with Crippen LogP contribution >= 0.6 is 0 Å². The van der Waals surface area contributed by atoms with Crippen LogP contribution < -0.4 is 39.5 Å². The summed E-state index contributed by atoms with van der Waals surface area (Å²) in [4.78, 5) is 41.4. The lowest BCUT2D eigenvalue weighted by atomic mass is 9.89. The van der Waals surface area contributed by atoms with Gasteiger partial charge < -0.3 is 22.9 Å². The third-order valence-corrected chi connectivity index (χ3v) is 4.42. The van der Waals surface area contributed by atoms with Gasteiger partial charge in [-0.1, -0.05) is 0 Å². The fourth-order valence-electron chi connectivity index (χ4n) is 3.01. The van der Waals surface area contributed by atoms with Crippen LogP contribution in [-0.4, -0.2) is 33.4 Å². The first-order chi connectivity index (χ1) is 11.6. The largest absolute Gasteiger partial charge is 0.398 e. The molecule has 0 radical (unpaired) electrons. The highest BCUT2D eigenvalue weighted by molar-refractivity contribution is 6.05. The minimum Gasteiger partial charge on any atom is -0.398 e. The van der Waals surface area contributed by atoms with Gasteiger partial charge in [0.25, 0.3) is 11.5 Å². The van der Waals surface area contributed by atoms with Gasteiger partial charge in [-0.2, -0.15) is 0 Å². The summed E-state index contributed by atoms with van der Waals surface area (Å²) >= 11 is 0. The molecular formula is C14H18N8O3. The van der Waals surface area contributed by atoms with Crippen molar-refractivity contribution in [2.24, 2.45) is 17.2 Å². The third kappa shape index (κ3) is 2.10. The fourth-order valence-corrected chi connectivity index (χ4v) is 3.01. The van der Waals surface area contributed by atoms with Crippen molar-refractivity contribution in [1.29, 1.82) is 0 Å². The second-order valence-corrected chi connectivity index (χ2v) is 5.96. The summed E-state index contributed by atoms with van der Waals surface area (Å²) in [6.45, 7) is 1.46. The number of fused-ring (bicyclic) bond motifs is 1. The number of benzene rings is 1. The zero-order valence-electron chi connectivity index (χ0n) is 13.3. The molecule has 3 unspecified atom stereocenters. The van der Waals surface area contributed by atoms with E-state index >= 15 is 0 Å². The van der Waals surface area contributed by atoms with Crippen molar-refractivity contribution in [1.82, 2.24) is 14.9 Å². The Balaban J connectivity index is 2.40. The maximum Gasteiger partial charge on any atom is 0.269 e. The van der Waals surface area contributed by atoms with Crippen LogP contribution in [0.2, 0.25) is 0 Å². The zero-order chi connectivity index (χ0) is 18.7. The van der Waals surface area contributed by atoms with Gasteiger partial charge in [0.2, 0.25) is 5.91 Å². The molecule has 3 atom stereocenters. The van der Waals surface area contributed by atoms with Crippen LogP contribution in [0.4, 0.5) is 11.4 Å². The summed E-state index contributed by atoms with van der Waals surface area (Å²) in [6.07, 6.45) is 0. The van der Waals surface area contributed by atoms with Crippen LogP contribution in [-0.2, 0) is 15.3 Å². The fraction of sp³-hybridized carbons (Fsp3) is 0.286. The molecule has 11 nitrogen and oxygen atoms in total. The Morgan fingerprint density at radius 2 is 1.76 bits per heavy atom. The SMILES string of the molecule is Cc1nc2c(N)ccc(N)c2c(=O)n1C1(N)C(=O)NC(=O)C(N)C1N. The summed E-state index contributed by atoms with van der Waals surface area (Å²) < 4.78 is 0.900. The van der Waals surface area contributed by atoms with Crippen LogP contribution in [0.3, 0.4) is 0 Å². The van der Waals surface area contributed by atoms with E-state index in [1.54, 1.807) is 0 Å².